The number of H-pyrrole nitrogens is 1. The molecule has 22 nitrogen and oxygen atoms in total. The van der Waals surface area contributed by atoms with Crippen molar-refractivity contribution in [3.05, 3.63) is 83.1 Å². The Morgan fingerprint density at radius 1 is 0.911 bits per heavy atom. The first-order valence-corrected chi connectivity index (χ1v) is 28.9. The number of carbonyl (C=O) groups excluding carboxylic acids is 4. The highest BCUT2D eigenvalue weighted by atomic mass is 32.2. The molecular formula is C56H73N13O9S. The summed E-state index contributed by atoms with van der Waals surface area (Å²) in [6.45, 7) is 11.7. The van der Waals surface area contributed by atoms with Crippen LogP contribution >= 0.6 is 0 Å². The molecule has 5 aromatic rings. The van der Waals surface area contributed by atoms with E-state index in [1.54, 1.807) is 32.9 Å². The van der Waals surface area contributed by atoms with Gasteiger partial charge in [0.15, 0.2) is 15.7 Å². The molecule has 5 atom stereocenters. The summed E-state index contributed by atoms with van der Waals surface area (Å²) >= 11 is 0. The fourth-order valence-corrected chi connectivity index (χ4v) is 12.5. The maximum Gasteiger partial charge on any atom is 0.407 e. The van der Waals surface area contributed by atoms with Crippen LogP contribution in [0, 0.1) is 25.7 Å². The maximum absolute atomic E-state index is 14.9. The van der Waals surface area contributed by atoms with Gasteiger partial charge in [0.1, 0.15) is 40.9 Å². The van der Waals surface area contributed by atoms with E-state index in [4.69, 9.17) is 4.74 Å². The number of benzene rings is 2. The normalized spacial score (nSPS) is 20.0. The second kappa shape index (κ2) is 23.5. The predicted octanol–water partition coefficient (Wildman–Crippen LogP) is 6.33. The van der Waals surface area contributed by atoms with Crippen molar-refractivity contribution in [2.75, 3.05) is 43.5 Å². The number of likely N-dealkylation sites (tertiary alicyclic amines) is 1. The van der Waals surface area contributed by atoms with Gasteiger partial charge in [-0.2, -0.15) is 5.10 Å². The summed E-state index contributed by atoms with van der Waals surface area (Å²) in [7, 11) is -2.59. The van der Waals surface area contributed by atoms with Crippen LogP contribution in [0.2, 0.25) is 0 Å². The van der Waals surface area contributed by atoms with Crippen molar-refractivity contribution < 1.29 is 42.2 Å². The van der Waals surface area contributed by atoms with Crippen LogP contribution in [0.4, 0.5) is 22.4 Å². The Bertz CT molecular complexity index is 3190. The van der Waals surface area contributed by atoms with Crippen LogP contribution in [-0.2, 0) is 30.6 Å². The van der Waals surface area contributed by atoms with E-state index < -0.39 is 62.6 Å². The zero-order valence-electron chi connectivity index (χ0n) is 46.0. The van der Waals surface area contributed by atoms with Gasteiger partial charge >= 0.3 is 6.09 Å². The molecule has 0 radical (unpaired) electrons. The second-order valence-corrected chi connectivity index (χ2v) is 25.3. The molecule has 0 unspecified atom stereocenters. The van der Waals surface area contributed by atoms with Gasteiger partial charge in [-0.15, -0.1) is 0 Å². The van der Waals surface area contributed by atoms with Gasteiger partial charge in [0, 0.05) is 67.8 Å². The average molecular weight is 1100 g/mol. The number of nitrogens with one attached hydrogen (secondary N) is 5. The zero-order chi connectivity index (χ0) is 56.3. The molecule has 0 spiro atoms. The van der Waals surface area contributed by atoms with Crippen LogP contribution in [0.15, 0.2) is 60.0 Å². The zero-order valence-corrected chi connectivity index (χ0v) is 46.9. The first-order valence-electron chi connectivity index (χ1n) is 27.5. The van der Waals surface area contributed by atoms with Gasteiger partial charge < -0.3 is 40.9 Å². The van der Waals surface area contributed by atoms with Gasteiger partial charge in [-0.1, -0.05) is 43.5 Å². The van der Waals surface area contributed by atoms with Crippen LogP contribution < -0.4 is 30.9 Å². The number of carbonyl (C=O) groups is 5. The molecule has 2 aromatic carbocycles. The quantitative estimate of drug-likeness (QED) is 0.0630. The highest BCUT2D eigenvalue weighted by Gasteiger charge is 2.46. The minimum Gasteiger partial charge on any atom is -0.492 e. The number of nitrogens with zero attached hydrogens (tertiary/aromatic N) is 8. The van der Waals surface area contributed by atoms with Gasteiger partial charge in [0.25, 0.3) is 5.91 Å². The van der Waals surface area contributed by atoms with Crippen LogP contribution in [0.1, 0.15) is 131 Å². The molecule has 79 heavy (non-hydrogen) atoms. The lowest BCUT2D eigenvalue weighted by Crippen LogP contribution is -2.59. The summed E-state index contributed by atoms with van der Waals surface area (Å²) in [6, 6.07) is 7.26. The molecule has 23 heteroatoms. The molecule has 5 heterocycles. The molecule has 5 amide bonds. The highest BCUT2D eigenvalue weighted by molar-refractivity contribution is 7.92. The largest absolute Gasteiger partial charge is 0.492 e. The number of aromatic nitrogens is 6. The van der Waals surface area contributed by atoms with Crippen LogP contribution in [0.3, 0.4) is 0 Å². The average Bonchev–Trinajstić information content (AvgIpc) is 4.06. The van der Waals surface area contributed by atoms with Gasteiger partial charge in [-0.25, -0.2) is 33.1 Å². The molecule has 3 aromatic heterocycles. The summed E-state index contributed by atoms with van der Waals surface area (Å²) in [5.41, 5.74) is 4.68. The predicted molar refractivity (Wildman–Crippen MR) is 296 cm³/mol. The number of piperidine rings is 1. The number of carboxylic acid groups (broad SMARTS) is 1. The molecule has 6 N–H and O–H groups in total. The number of hydrogen-bond donors (Lipinski definition) is 6. The van der Waals surface area contributed by atoms with Gasteiger partial charge in [0.05, 0.1) is 28.5 Å². The lowest BCUT2D eigenvalue weighted by Gasteiger charge is -2.36. The molecule has 2 aliphatic carbocycles. The molecule has 3 fully saturated rings. The van der Waals surface area contributed by atoms with Crippen molar-refractivity contribution in [1.82, 2.24) is 55.9 Å². The molecule has 422 valence electrons. The third-order valence-electron chi connectivity index (χ3n) is 16.4. The number of likely N-dealkylation sites (N-methyl/N-ethyl adjacent to an activating group) is 1. The SMILES string of the molecule is Cc1[nH]nc(Nc2ncnc3cc(OCC4CCN(c5ncc(C(=O)N[C@H]6C[C@@H](C(=O)N[C@@H]7CCCc8ccccc87)N(C(=O)[C@@H](NC(=O)[C@H](C)N(C)C(=O)O)C7CCCCC7)C6)cn5)CC4)c(S(=O)(=O)C(C)(C)C)cc23)c1C. The van der Waals surface area contributed by atoms with E-state index in [9.17, 15) is 37.5 Å². The number of aromatic amines is 1. The van der Waals surface area contributed by atoms with Gasteiger partial charge in [-0.05, 0) is 122 Å². The maximum atomic E-state index is 14.9. The molecule has 1 saturated carbocycles. The first-order chi connectivity index (χ1) is 37.7. The Labute approximate surface area is 460 Å². The van der Waals surface area contributed by atoms with Crippen LogP contribution in [-0.4, -0.2) is 145 Å². The number of anilines is 3. The molecular weight excluding hydrogens is 1030 g/mol. The Morgan fingerprint density at radius 3 is 2.32 bits per heavy atom. The third-order valence-corrected chi connectivity index (χ3v) is 18.9. The molecule has 9 rings (SSSR count). The summed E-state index contributed by atoms with van der Waals surface area (Å²) in [6.07, 6.45) is 11.1. The number of amides is 5. The summed E-state index contributed by atoms with van der Waals surface area (Å²) in [5.74, 6) is -0.419. The standard InChI is InChI=1S/C56H73N13O9S/c1-32-33(2)65-66-48(32)64-49-41-25-46(79(76,77)56(4,5)6)45(26-43(41)59-31-60-49)78-30-35-20-22-68(23-21-35)54-57-27-38(28-58-54)51(71)61-39-24-44(52(72)62-42-19-13-17-36-14-11-12-18-40(36)42)69(29-39)53(73)47(37-15-9-8-10-16-37)63-50(70)34(3)67(7)55(74)75/h11-12,14,18,25-28,31,34-35,37,39,42,44,47H,8-10,13,15-17,19-24,29-30H2,1-7H3,(H,61,71)(H,62,72)(H,63,70)(H,74,75)(H2,59,60,64,65,66)/t34-,39-,42+,44-,47-/m0/s1. The fourth-order valence-electron chi connectivity index (χ4n) is 11.2. The van der Waals surface area contributed by atoms with Crippen molar-refractivity contribution >= 4 is 68.0 Å². The van der Waals surface area contributed by atoms with E-state index in [1.807, 2.05) is 36.9 Å². The van der Waals surface area contributed by atoms with E-state index in [0.29, 0.717) is 67.3 Å². The minimum absolute atomic E-state index is 0.00135. The minimum atomic E-state index is -3.89. The number of hydrogen-bond acceptors (Lipinski definition) is 15. The van der Waals surface area contributed by atoms with Crippen molar-refractivity contribution in [2.24, 2.45) is 11.8 Å². The van der Waals surface area contributed by atoms with Crippen LogP contribution in [0.5, 0.6) is 5.75 Å². The number of fused-ring (bicyclic) bond motifs is 2. The van der Waals surface area contributed by atoms with E-state index in [1.165, 1.54) is 37.6 Å². The summed E-state index contributed by atoms with van der Waals surface area (Å²) in [5, 5.41) is 29.8. The van der Waals surface area contributed by atoms with E-state index in [2.05, 4.69) is 57.5 Å². The number of rotatable bonds is 16. The number of sulfone groups is 1. The molecule has 2 saturated heterocycles. The Balaban J connectivity index is 0.859. The van der Waals surface area contributed by atoms with Crippen molar-refractivity contribution in [1.29, 1.82) is 0 Å². The van der Waals surface area contributed by atoms with Gasteiger partial charge in [-0.3, -0.25) is 29.2 Å². The monoisotopic (exact) mass is 1100 g/mol. The molecule has 2 aliphatic heterocycles. The van der Waals surface area contributed by atoms with Gasteiger partial charge in [0.2, 0.25) is 23.7 Å². The molecule has 4 aliphatic rings. The summed E-state index contributed by atoms with van der Waals surface area (Å²) in [4.78, 5) is 91.3. The number of ether oxygens (including phenoxy) is 1. The van der Waals surface area contributed by atoms with E-state index in [-0.39, 0.29) is 59.6 Å². The lowest BCUT2D eigenvalue weighted by molar-refractivity contribution is -0.143. The van der Waals surface area contributed by atoms with E-state index >= 15 is 0 Å². The third kappa shape index (κ3) is 12.3. The Kier molecular flexibility index (Phi) is 16.7. The van der Waals surface area contributed by atoms with Crippen molar-refractivity contribution in [2.45, 2.75) is 152 Å². The number of aryl methyl sites for hydroxylation is 2. The Hall–Kier alpha value is -7.43. The smallest absolute Gasteiger partial charge is 0.407 e. The second-order valence-electron chi connectivity index (χ2n) is 22.6. The van der Waals surface area contributed by atoms with E-state index in [0.717, 1.165) is 65.8 Å². The molecule has 0 bridgehead atoms. The lowest BCUT2D eigenvalue weighted by atomic mass is 9.83. The Morgan fingerprint density at radius 2 is 1.63 bits per heavy atom. The first kappa shape index (κ1) is 56.3. The summed E-state index contributed by atoms with van der Waals surface area (Å²) < 4.78 is 33.5. The van der Waals surface area contributed by atoms with Crippen molar-refractivity contribution in [3.63, 3.8) is 0 Å². The highest BCUT2D eigenvalue weighted by Crippen LogP contribution is 2.39. The fraction of sp³-hybridized carbons (Fsp3) is 0.536. The van der Waals surface area contributed by atoms with Crippen LogP contribution in [0.25, 0.3) is 10.9 Å². The topological polar surface area (TPSA) is 287 Å². The van der Waals surface area contributed by atoms with Crippen molar-refractivity contribution in [3.8, 4) is 5.75 Å².